The lowest BCUT2D eigenvalue weighted by Gasteiger charge is -2.35. The first-order chi connectivity index (χ1) is 7.88. The number of thiophene rings is 1. The van der Waals surface area contributed by atoms with Crippen molar-refractivity contribution in [1.29, 1.82) is 5.26 Å². The van der Waals surface area contributed by atoms with E-state index >= 15 is 0 Å². The molecule has 0 aromatic carbocycles. The number of aryl methyl sites for hydroxylation is 1. The van der Waals surface area contributed by atoms with Crippen LogP contribution in [0.1, 0.15) is 24.8 Å². The Labute approximate surface area is 113 Å². The summed E-state index contributed by atoms with van der Waals surface area (Å²) in [6.07, 6.45) is 2.08. The Morgan fingerprint density at radius 1 is 1.59 bits per heavy atom. The zero-order valence-electron chi connectivity index (χ0n) is 9.16. The quantitative estimate of drug-likeness (QED) is 0.923. The van der Waals surface area contributed by atoms with Gasteiger partial charge in [0.15, 0.2) is 0 Å². The third-order valence-electron chi connectivity index (χ3n) is 2.85. The lowest BCUT2D eigenvalue weighted by atomic mass is 9.79. The topological polar surface area (TPSA) is 70.0 Å². The molecular formula is C10H11BrN2O2S2. The Hall–Kier alpha value is -0.420. The van der Waals surface area contributed by atoms with Gasteiger partial charge in [-0.25, -0.2) is 8.42 Å². The third-order valence-corrected chi connectivity index (χ3v) is 7.00. The number of rotatable bonds is 3. The normalized spacial score (nSPS) is 18.4. The van der Waals surface area contributed by atoms with Crippen LogP contribution in [0.15, 0.2) is 14.1 Å². The molecule has 92 valence electrons. The van der Waals surface area contributed by atoms with Gasteiger partial charge in [-0.05, 0) is 53.7 Å². The summed E-state index contributed by atoms with van der Waals surface area (Å²) in [5.41, 5.74) is -0.00146. The van der Waals surface area contributed by atoms with E-state index in [9.17, 15) is 8.42 Å². The van der Waals surface area contributed by atoms with Crippen LogP contribution in [0.4, 0.5) is 0 Å². The molecular weight excluding hydrogens is 324 g/mol. The second-order valence-corrected chi connectivity index (χ2v) is 8.45. The van der Waals surface area contributed by atoms with E-state index in [0.29, 0.717) is 12.8 Å². The lowest BCUT2D eigenvalue weighted by Crippen LogP contribution is -2.52. The molecule has 4 nitrogen and oxygen atoms in total. The van der Waals surface area contributed by atoms with Crippen LogP contribution >= 0.6 is 27.3 Å². The molecule has 0 unspecified atom stereocenters. The van der Waals surface area contributed by atoms with Crippen molar-refractivity contribution in [2.75, 3.05) is 0 Å². The van der Waals surface area contributed by atoms with Gasteiger partial charge >= 0.3 is 0 Å². The Morgan fingerprint density at radius 2 is 2.24 bits per heavy atom. The first-order valence-corrected chi connectivity index (χ1v) is 8.19. The highest BCUT2D eigenvalue weighted by atomic mass is 79.9. The second kappa shape index (κ2) is 4.35. The Kier molecular flexibility index (Phi) is 3.34. The summed E-state index contributed by atoms with van der Waals surface area (Å²) in [6, 6.07) is 3.68. The minimum atomic E-state index is -3.58. The van der Waals surface area contributed by atoms with Crippen molar-refractivity contribution in [3.8, 4) is 6.07 Å². The fraction of sp³-hybridized carbons (Fsp3) is 0.500. The van der Waals surface area contributed by atoms with Crippen LogP contribution in [0.3, 0.4) is 0 Å². The molecule has 0 bridgehead atoms. The predicted octanol–water partition coefficient (Wildman–Crippen LogP) is 2.54. The fourth-order valence-electron chi connectivity index (χ4n) is 1.64. The van der Waals surface area contributed by atoms with E-state index in [2.05, 4.69) is 26.7 Å². The number of hydrogen-bond donors (Lipinski definition) is 1. The molecule has 1 aromatic heterocycles. The molecule has 1 aliphatic rings. The van der Waals surface area contributed by atoms with E-state index in [4.69, 9.17) is 5.26 Å². The van der Waals surface area contributed by atoms with Crippen LogP contribution in [0.2, 0.25) is 0 Å². The maximum Gasteiger partial charge on any atom is 0.251 e. The Balaban J connectivity index is 2.29. The van der Waals surface area contributed by atoms with Crippen molar-refractivity contribution < 1.29 is 8.42 Å². The van der Waals surface area contributed by atoms with Gasteiger partial charge in [0.1, 0.15) is 9.75 Å². The second-order valence-electron chi connectivity index (χ2n) is 4.18. The Bertz CT molecular complexity index is 562. The molecule has 1 N–H and O–H groups in total. The first kappa shape index (κ1) is 13.0. The minimum Gasteiger partial charge on any atom is -0.206 e. The van der Waals surface area contributed by atoms with Gasteiger partial charge in [-0.2, -0.15) is 9.98 Å². The van der Waals surface area contributed by atoms with E-state index in [1.54, 1.807) is 6.07 Å². The maximum atomic E-state index is 12.1. The van der Waals surface area contributed by atoms with Gasteiger partial charge in [-0.1, -0.05) is 0 Å². The molecule has 0 spiro atoms. The highest BCUT2D eigenvalue weighted by Gasteiger charge is 2.41. The summed E-state index contributed by atoms with van der Waals surface area (Å²) in [4.78, 5) is 0. The van der Waals surface area contributed by atoms with Crippen LogP contribution in [0, 0.1) is 18.3 Å². The number of nitrogens with one attached hydrogen (secondary N) is 1. The number of sulfonamides is 1. The van der Waals surface area contributed by atoms with Crippen molar-refractivity contribution in [2.45, 2.75) is 35.9 Å². The molecule has 17 heavy (non-hydrogen) atoms. The molecule has 1 aromatic rings. The third kappa shape index (κ3) is 2.40. The molecule has 0 saturated heterocycles. The number of halogens is 1. The summed E-state index contributed by atoms with van der Waals surface area (Å²) in [5, 5.41) is 9.02. The molecule has 0 atom stereocenters. The molecule has 1 saturated carbocycles. The standard InChI is InChI=1S/C10H11BrN2O2S2/c1-7-5-8(16-9(7)11)17(14,15)13-10(6-12)3-2-4-10/h5,13H,2-4H2,1H3. The SMILES string of the molecule is Cc1cc(S(=O)(=O)NC2(C#N)CCC2)sc1Br. The van der Waals surface area contributed by atoms with Crippen LogP contribution in [-0.4, -0.2) is 14.0 Å². The average Bonchev–Trinajstić information content (AvgIpc) is 2.54. The summed E-state index contributed by atoms with van der Waals surface area (Å²) in [5.74, 6) is 0. The van der Waals surface area contributed by atoms with Gasteiger partial charge in [0, 0.05) is 0 Å². The van der Waals surface area contributed by atoms with Crippen molar-refractivity contribution >= 4 is 37.3 Å². The van der Waals surface area contributed by atoms with Crippen LogP contribution in [-0.2, 0) is 10.0 Å². The summed E-state index contributed by atoms with van der Waals surface area (Å²) in [6.45, 7) is 1.84. The molecule has 1 aliphatic carbocycles. The first-order valence-electron chi connectivity index (χ1n) is 5.10. The highest BCUT2D eigenvalue weighted by Crippen LogP contribution is 2.35. The predicted molar refractivity (Wildman–Crippen MR) is 69.3 cm³/mol. The lowest BCUT2D eigenvalue weighted by molar-refractivity contribution is 0.296. The van der Waals surface area contributed by atoms with Crippen molar-refractivity contribution in [3.63, 3.8) is 0 Å². The van der Waals surface area contributed by atoms with Gasteiger partial charge in [0.2, 0.25) is 0 Å². The van der Waals surface area contributed by atoms with Gasteiger partial charge in [0.05, 0.1) is 9.86 Å². The zero-order valence-corrected chi connectivity index (χ0v) is 12.4. The number of nitriles is 1. The van der Waals surface area contributed by atoms with Gasteiger partial charge in [-0.15, -0.1) is 11.3 Å². The summed E-state index contributed by atoms with van der Waals surface area (Å²) in [7, 11) is -3.58. The highest BCUT2D eigenvalue weighted by molar-refractivity contribution is 9.11. The minimum absolute atomic E-state index is 0.253. The average molecular weight is 335 g/mol. The number of nitrogens with zero attached hydrogens (tertiary/aromatic N) is 1. The van der Waals surface area contributed by atoms with Crippen molar-refractivity contribution in [3.05, 3.63) is 15.4 Å². The zero-order chi connectivity index (χ0) is 12.7. The van der Waals surface area contributed by atoms with E-state index in [1.165, 1.54) is 0 Å². The van der Waals surface area contributed by atoms with Crippen LogP contribution in [0.5, 0.6) is 0 Å². The van der Waals surface area contributed by atoms with Crippen LogP contribution in [0.25, 0.3) is 0 Å². The van der Waals surface area contributed by atoms with E-state index in [-0.39, 0.29) is 4.21 Å². The smallest absolute Gasteiger partial charge is 0.206 e. The molecule has 7 heteroatoms. The summed E-state index contributed by atoms with van der Waals surface area (Å²) >= 11 is 4.46. The molecule has 1 fully saturated rings. The van der Waals surface area contributed by atoms with E-state index < -0.39 is 15.6 Å². The Morgan fingerprint density at radius 3 is 2.59 bits per heavy atom. The molecule has 0 amide bonds. The number of hydrogen-bond acceptors (Lipinski definition) is 4. The van der Waals surface area contributed by atoms with Crippen molar-refractivity contribution in [2.24, 2.45) is 0 Å². The van der Waals surface area contributed by atoms with Crippen LogP contribution < -0.4 is 4.72 Å². The van der Waals surface area contributed by atoms with Gasteiger partial charge in [-0.3, -0.25) is 0 Å². The summed E-state index contributed by atoms with van der Waals surface area (Å²) < 4.78 is 27.8. The van der Waals surface area contributed by atoms with Crippen molar-refractivity contribution in [1.82, 2.24) is 4.72 Å². The molecule has 2 rings (SSSR count). The van der Waals surface area contributed by atoms with E-state index in [0.717, 1.165) is 27.1 Å². The van der Waals surface area contributed by atoms with E-state index in [1.807, 2.05) is 6.92 Å². The monoisotopic (exact) mass is 334 g/mol. The molecule has 0 radical (unpaired) electrons. The largest absolute Gasteiger partial charge is 0.251 e. The fourth-order valence-corrected chi connectivity index (χ4v) is 5.24. The van der Waals surface area contributed by atoms with Gasteiger partial charge < -0.3 is 0 Å². The maximum absolute atomic E-state index is 12.1. The molecule has 1 heterocycles. The van der Waals surface area contributed by atoms with Gasteiger partial charge in [0.25, 0.3) is 10.0 Å². The molecule has 0 aliphatic heterocycles.